The SMILES string of the molecule is CNC(=O)c1nn(CCc2ccccc2)c2c1CC(NCC(F)(F)F)CC2. The summed E-state index contributed by atoms with van der Waals surface area (Å²) in [5.41, 5.74) is 3.20. The zero-order valence-corrected chi connectivity index (χ0v) is 15.1. The van der Waals surface area contributed by atoms with Crippen LogP contribution in [0.25, 0.3) is 0 Å². The maximum absolute atomic E-state index is 12.5. The van der Waals surface area contributed by atoms with Crippen LogP contribution in [0.2, 0.25) is 0 Å². The van der Waals surface area contributed by atoms with Gasteiger partial charge < -0.3 is 10.6 Å². The van der Waals surface area contributed by atoms with E-state index in [2.05, 4.69) is 15.7 Å². The van der Waals surface area contributed by atoms with Crippen LogP contribution in [0.1, 0.15) is 33.7 Å². The zero-order valence-electron chi connectivity index (χ0n) is 15.1. The van der Waals surface area contributed by atoms with Crippen LogP contribution < -0.4 is 10.6 Å². The average Bonchev–Trinajstić information content (AvgIpc) is 3.02. The third-order valence-corrected chi connectivity index (χ3v) is 4.84. The van der Waals surface area contributed by atoms with Gasteiger partial charge in [0.15, 0.2) is 5.69 Å². The average molecular weight is 380 g/mol. The fourth-order valence-corrected chi connectivity index (χ4v) is 3.49. The standard InChI is InChI=1S/C19H23F3N4O/c1-23-18(27)17-15-11-14(24-12-19(20,21)22)7-8-16(15)26(25-17)10-9-13-5-3-2-4-6-13/h2-6,14,24H,7-12H2,1H3,(H,23,27). The maximum Gasteiger partial charge on any atom is 0.401 e. The van der Waals surface area contributed by atoms with Crippen molar-refractivity contribution in [2.45, 2.75) is 44.4 Å². The lowest BCUT2D eigenvalue weighted by molar-refractivity contribution is -0.126. The van der Waals surface area contributed by atoms with E-state index in [0.29, 0.717) is 31.5 Å². The van der Waals surface area contributed by atoms with Crippen molar-refractivity contribution < 1.29 is 18.0 Å². The Morgan fingerprint density at radius 1 is 1.30 bits per heavy atom. The first-order valence-corrected chi connectivity index (χ1v) is 9.02. The summed E-state index contributed by atoms with van der Waals surface area (Å²) in [7, 11) is 1.53. The molecule has 1 aliphatic rings. The molecule has 8 heteroatoms. The lowest BCUT2D eigenvalue weighted by atomic mass is 9.91. The number of aromatic nitrogens is 2. The van der Waals surface area contributed by atoms with E-state index in [0.717, 1.165) is 17.7 Å². The van der Waals surface area contributed by atoms with Crippen molar-refractivity contribution in [3.8, 4) is 0 Å². The maximum atomic E-state index is 12.5. The van der Waals surface area contributed by atoms with Crippen molar-refractivity contribution in [3.05, 3.63) is 52.8 Å². The Kier molecular flexibility index (Phi) is 5.84. The van der Waals surface area contributed by atoms with Crippen molar-refractivity contribution in [2.24, 2.45) is 0 Å². The highest BCUT2D eigenvalue weighted by Gasteiger charge is 2.32. The number of carbonyl (C=O) groups is 1. The van der Waals surface area contributed by atoms with Crippen molar-refractivity contribution >= 4 is 5.91 Å². The molecule has 2 aromatic rings. The Morgan fingerprint density at radius 3 is 2.70 bits per heavy atom. The molecule has 0 bridgehead atoms. The smallest absolute Gasteiger partial charge is 0.354 e. The molecule has 1 amide bonds. The molecule has 0 saturated carbocycles. The molecule has 5 nitrogen and oxygen atoms in total. The first-order chi connectivity index (χ1) is 12.9. The summed E-state index contributed by atoms with van der Waals surface area (Å²) in [5.74, 6) is -0.304. The van der Waals surface area contributed by atoms with E-state index in [4.69, 9.17) is 0 Å². The van der Waals surface area contributed by atoms with E-state index in [-0.39, 0.29) is 11.9 Å². The Labute approximate surface area is 155 Å². The monoisotopic (exact) mass is 380 g/mol. The highest BCUT2D eigenvalue weighted by Crippen LogP contribution is 2.26. The first kappa shape index (κ1) is 19.4. The number of rotatable bonds is 6. The van der Waals surface area contributed by atoms with Gasteiger partial charge in [0.25, 0.3) is 5.91 Å². The zero-order chi connectivity index (χ0) is 19.4. The lowest BCUT2D eigenvalue weighted by Crippen LogP contribution is -2.40. The van der Waals surface area contributed by atoms with Crippen molar-refractivity contribution in [2.75, 3.05) is 13.6 Å². The van der Waals surface area contributed by atoms with E-state index in [1.54, 1.807) is 0 Å². The largest absolute Gasteiger partial charge is 0.401 e. The van der Waals surface area contributed by atoms with Gasteiger partial charge in [-0.1, -0.05) is 30.3 Å². The molecule has 0 aliphatic heterocycles. The summed E-state index contributed by atoms with van der Waals surface area (Å²) in [6.07, 6.45) is -1.90. The van der Waals surface area contributed by atoms with Crippen LogP contribution in [0.15, 0.2) is 30.3 Å². The number of carbonyl (C=O) groups excluding carboxylic acids is 1. The van der Waals surface area contributed by atoms with Gasteiger partial charge in [0.1, 0.15) is 0 Å². The third-order valence-electron chi connectivity index (χ3n) is 4.84. The molecule has 1 atom stereocenters. The Balaban J connectivity index is 1.77. The molecule has 0 spiro atoms. The van der Waals surface area contributed by atoms with Gasteiger partial charge in [-0.2, -0.15) is 18.3 Å². The van der Waals surface area contributed by atoms with Gasteiger partial charge in [-0.3, -0.25) is 9.48 Å². The second-order valence-electron chi connectivity index (χ2n) is 6.75. The van der Waals surface area contributed by atoms with E-state index < -0.39 is 12.7 Å². The van der Waals surface area contributed by atoms with Gasteiger partial charge in [0.2, 0.25) is 0 Å². The van der Waals surface area contributed by atoms with Crippen LogP contribution in [0.5, 0.6) is 0 Å². The molecule has 1 aromatic carbocycles. The molecule has 0 saturated heterocycles. The van der Waals surface area contributed by atoms with Crippen molar-refractivity contribution in [1.82, 2.24) is 20.4 Å². The van der Waals surface area contributed by atoms with Gasteiger partial charge in [-0.15, -0.1) is 0 Å². The number of halogens is 3. The molecule has 1 heterocycles. The van der Waals surface area contributed by atoms with Crippen LogP contribution in [0, 0.1) is 0 Å². The van der Waals surface area contributed by atoms with Crippen LogP contribution >= 0.6 is 0 Å². The van der Waals surface area contributed by atoms with E-state index >= 15 is 0 Å². The van der Waals surface area contributed by atoms with Gasteiger partial charge in [0.05, 0.1) is 6.54 Å². The van der Waals surface area contributed by atoms with Gasteiger partial charge in [-0.25, -0.2) is 0 Å². The fourth-order valence-electron chi connectivity index (χ4n) is 3.49. The summed E-state index contributed by atoms with van der Waals surface area (Å²) < 4.78 is 39.3. The number of nitrogens with one attached hydrogen (secondary N) is 2. The predicted molar refractivity (Wildman–Crippen MR) is 95.6 cm³/mol. The lowest BCUT2D eigenvalue weighted by Gasteiger charge is -2.25. The summed E-state index contributed by atoms with van der Waals surface area (Å²) in [4.78, 5) is 12.2. The molecule has 1 aromatic heterocycles. The van der Waals surface area contributed by atoms with Crippen LogP contribution in [-0.2, 0) is 25.8 Å². The quantitative estimate of drug-likeness (QED) is 0.810. The molecular weight excluding hydrogens is 357 g/mol. The summed E-state index contributed by atoms with van der Waals surface area (Å²) in [6, 6.07) is 9.66. The number of amides is 1. The molecule has 146 valence electrons. The molecule has 2 N–H and O–H groups in total. The van der Waals surface area contributed by atoms with E-state index in [1.165, 1.54) is 12.6 Å². The number of alkyl halides is 3. The number of aryl methyl sites for hydroxylation is 2. The molecule has 1 aliphatic carbocycles. The molecule has 27 heavy (non-hydrogen) atoms. The summed E-state index contributed by atoms with van der Waals surface area (Å²) in [6.45, 7) is -0.394. The van der Waals surface area contributed by atoms with Gasteiger partial charge in [0, 0.05) is 30.9 Å². The minimum atomic E-state index is -4.25. The van der Waals surface area contributed by atoms with Crippen molar-refractivity contribution in [1.29, 1.82) is 0 Å². The van der Waals surface area contributed by atoms with Crippen LogP contribution in [0.3, 0.4) is 0 Å². The number of hydrogen-bond donors (Lipinski definition) is 2. The van der Waals surface area contributed by atoms with Gasteiger partial charge in [-0.05, 0) is 31.2 Å². The summed E-state index contributed by atoms with van der Waals surface area (Å²) >= 11 is 0. The Bertz CT molecular complexity index is 786. The summed E-state index contributed by atoms with van der Waals surface area (Å²) in [5, 5.41) is 9.61. The van der Waals surface area contributed by atoms with E-state index in [1.807, 2.05) is 35.0 Å². The van der Waals surface area contributed by atoms with Gasteiger partial charge >= 0.3 is 6.18 Å². The van der Waals surface area contributed by atoms with Crippen LogP contribution in [-0.4, -0.2) is 41.5 Å². The third kappa shape index (κ3) is 4.88. The highest BCUT2D eigenvalue weighted by atomic mass is 19.4. The topological polar surface area (TPSA) is 59.0 Å². The Morgan fingerprint density at radius 2 is 2.04 bits per heavy atom. The molecular formula is C19H23F3N4O. The molecule has 0 radical (unpaired) electrons. The fraction of sp³-hybridized carbons (Fsp3) is 0.474. The number of benzene rings is 1. The first-order valence-electron chi connectivity index (χ1n) is 9.02. The highest BCUT2D eigenvalue weighted by molar-refractivity contribution is 5.93. The second kappa shape index (κ2) is 8.12. The van der Waals surface area contributed by atoms with E-state index in [9.17, 15) is 18.0 Å². The minimum absolute atomic E-state index is 0.304. The minimum Gasteiger partial charge on any atom is -0.354 e. The molecule has 0 fully saturated rings. The molecule has 1 unspecified atom stereocenters. The van der Waals surface area contributed by atoms with Crippen LogP contribution in [0.4, 0.5) is 13.2 Å². The Hall–Kier alpha value is -2.35. The number of hydrogen-bond acceptors (Lipinski definition) is 3. The second-order valence-corrected chi connectivity index (χ2v) is 6.75. The molecule has 3 rings (SSSR count). The normalized spacial score (nSPS) is 16.8. The number of fused-ring (bicyclic) bond motifs is 1. The predicted octanol–water partition coefficient (Wildman–Crippen LogP) is 2.49. The van der Waals surface area contributed by atoms with Crippen molar-refractivity contribution in [3.63, 3.8) is 0 Å². The number of nitrogens with zero attached hydrogens (tertiary/aromatic N) is 2.